The zero-order valence-corrected chi connectivity index (χ0v) is 10.4. The van der Waals surface area contributed by atoms with E-state index in [4.69, 9.17) is 0 Å². The monoisotopic (exact) mass is 237 g/mol. The number of amides is 1. The molecule has 0 aromatic carbocycles. The molecule has 2 N–H and O–H groups in total. The molecule has 3 nitrogen and oxygen atoms in total. The molecule has 0 spiro atoms. The number of carbonyl (C=O) groups is 1. The standard InChI is InChI=1S/C14H23NO2/c16-13-8-4-3-7-12(13)10-15-14(17)9-11-5-1-2-6-11/h1,5,11-13,16H,2-4,6-10H2,(H,15,17). The topological polar surface area (TPSA) is 49.3 Å². The maximum absolute atomic E-state index is 11.7. The molecule has 2 aliphatic carbocycles. The number of hydrogen-bond donors (Lipinski definition) is 2. The fraction of sp³-hybridized carbons (Fsp3) is 0.786. The highest BCUT2D eigenvalue weighted by Crippen LogP contribution is 2.24. The normalized spacial score (nSPS) is 32.6. The molecule has 0 aromatic rings. The summed E-state index contributed by atoms with van der Waals surface area (Å²) in [6, 6.07) is 0. The summed E-state index contributed by atoms with van der Waals surface area (Å²) < 4.78 is 0. The van der Waals surface area contributed by atoms with Crippen molar-refractivity contribution in [2.75, 3.05) is 6.54 Å². The Hall–Kier alpha value is -0.830. The first-order valence-corrected chi connectivity index (χ1v) is 6.87. The predicted molar refractivity (Wildman–Crippen MR) is 67.5 cm³/mol. The second-order valence-electron chi connectivity index (χ2n) is 5.39. The molecule has 0 heterocycles. The molecule has 96 valence electrons. The average Bonchev–Trinajstić information content (AvgIpc) is 2.81. The van der Waals surface area contributed by atoms with Gasteiger partial charge in [0.1, 0.15) is 0 Å². The minimum absolute atomic E-state index is 0.138. The summed E-state index contributed by atoms with van der Waals surface area (Å²) >= 11 is 0. The summed E-state index contributed by atoms with van der Waals surface area (Å²) in [5, 5.41) is 12.8. The van der Waals surface area contributed by atoms with E-state index in [1.807, 2.05) is 0 Å². The van der Waals surface area contributed by atoms with Gasteiger partial charge in [0.05, 0.1) is 6.10 Å². The molecule has 0 bridgehead atoms. The zero-order valence-electron chi connectivity index (χ0n) is 10.4. The number of aliphatic hydroxyl groups excluding tert-OH is 1. The first-order valence-electron chi connectivity index (χ1n) is 6.87. The first-order chi connectivity index (χ1) is 8.25. The molecule has 1 amide bonds. The molecule has 0 aromatic heterocycles. The highest BCUT2D eigenvalue weighted by Gasteiger charge is 2.23. The van der Waals surface area contributed by atoms with Crippen molar-refractivity contribution in [3.8, 4) is 0 Å². The summed E-state index contributed by atoms with van der Waals surface area (Å²) in [5.41, 5.74) is 0. The van der Waals surface area contributed by atoms with Gasteiger partial charge in [-0.2, -0.15) is 0 Å². The van der Waals surface area contributed by atoms with E-state index in [1.165, 1.54) is 6.42 Å². The molecule has 0 saturated heterocycles. The van der Waals surface area contributed by atoms with Crippen LogP contribution in [-0.4, -0.2) is 23.7 Å². The van der Waals surface area contributed by atoms with E-state index in [0.29, 0.717) is 18.9 Å². The van der Waals surface area contributed by atoms with E-state index in [2.05, 4.69) is 17.5 Å². The van der Waals surface area contributed by atoms with Gasteiger partial charge in [0.2, 0.25) is 5.91 Å². The Morgan fingerprint density at radius 3 is 2.82 bits per heavy atom. The largest absolute Gasteiger partial charge is 0.393 e. The highest BCUT2D eigenvalue weighted by atomic mass is 16.3. The van der Waals surface area contributed by atoms with Crippen LogP contribution in [0.1, 0.15) is 44.9 Å². The molecule has 17 heavy (non-hydrogen) atoms. The third kappa shape index (κ3) is 3.84. The Morgan fingerprint density at radius 2 is 2.12 bits per heavy atom. The molecular weight excluding hydrogens is 214 g/mol. The summed E-state index contributed by atoms with van der Waals surface area (Å²) in [6.07, 6.45) is 11.2. The van der Waals surface area contributed by atoms with Crippen LogP contribution in [-0.2, 0) is 4.79 Å². The van der Waals surface area contributed by atoms with Crippen molar-refractivity contribution in [3.63, 3.8) is 0 Å². The molecule has 3 unspecified atom stereocenters. The van der Waals surface area contributed by atoms with E-state index < -0.39 is 0 Å². The van der Waals surface area contributed by atoms with Crippen LogP contribution >= 0.6 is 0 Å². The van der Waals surface area contributed by atoms with Crippen LogP contribution in [0.3, 0.4) is 0 Å². The molecule has 1 saturated carbocycles. The van der Waals surface area contributed by atoms with Gasteiger partial charge in [-0.3, -0.25) is 4.79 Å². The molecule has 2 rings (SSSR count). The van der Waals surface area contributed by atoms with Gasteiger partial charge in [-0.15, -0.1) is 0 Å². The molecule has 0 radical (unpaired) electrons. The first kappa shape index (κ1) is 12.6. The van der Waals surface area contributed by atoms with Gasteiger partial charge in [-0.1, -0.05) is 25.0 Å². The van der Waals surface area contributed by atoms with Gasteiger partial charge in [-0.05, 0) is 31.6 Å². The Bertz CT molecular complexity index is 288. The fourth-order valence-corrected chi connectivity index (χ4v) is 2.85. The van der Waals surface area contributed by atoms with Crippen molar-refractivity contribution in [1.82, 2.24) is 5.32 Å². The van der Waals surface area contributed by atoms with Gasteiger partial charge in [0.15, 0.2) is 0 Å². The van der Waals surface area contributed by atoms with Crippen LogP contribution in [0.15, 0.2) is 12.2 Å². The molecular formula is C14H23NO2. The fourth-order valence-electron chi connectivity index (χ4n) is 2.85. The second kappa shape index (κ2) is 6.20. The minimum atomic E-state index is -0.213. The molecule has 1 fully saturated rings. The quantitative estimate of drug-likeness (QED) is 0.735. The van der Waals surface area contributed by atoms with Gasteiger partial charge in [0, 0.05) is 18.9 Å². The summed E-state index contributed by atoms with van der Waals surface area (Å²) in [5.74, 6) is 0.845. The smallest absolute Gasteiger partial charge is 0.220 e. The maximum atomic E-state index is 11.7. The van der Waals surface area contributed by atoms with Crippen molar-refractivity contribution in [2.45, 2.75) is 51.0 Å². The van der Waals surface area contributed by atoms with Crippen LogP contribution in [0.25, 0.3) is 0 Å². The maximum Gasteiger partial charge on any atom is 0.220 e. The summed E-state index contributed by atoms with van der Waals surface area (Å²) in [7, 11) is 0. The predicted octanol–water partition coefficient (Wildman–Crippen LogP) is 2.01. The lowest BCUT2D eigenvalue weighted by Crippen LogP contribution is -2.37. The van der Waals surface area contributed by atoms with E-state index in [-0.39, 0.29) is 17.9 Å². The second-order valence-corrected chi connectivity index (χ2v) is 5.39. The van der Waals surface area contributed by atoms with Crippen LogP contribution < -0.4 is 5.32 Å². The molecule has 3 heteroatoms. The van der Waals surface area contributed by atoms with Gasteiger partial charge < -0.3 is 10.4 Å². The van der Waals surface area contributed by atoms with Crippen LogP contribution in [0.2, 0.25) is 0 Å². The number of allylic oxidation sites excluding steroid dienone is 2. The van der Waals surface area contributed by atoms with E-state index >= 15 is 0 Å². The lowest BCUT2D eigenvalue weighted by Gasteiger charge is -2.27. The Morgan fingerprint density at radius 1 is 1.29 bits per heavy atom. The van der Waals surface area contributed by atoms with Crippen LogP contribution in [0, 0.1) is 11.8 Å². The summed E-state index contributed by atoms with van der Waals surface area (Å²) in [4.78, 5) is 11.7. The SMILES string of the molecule is O=C(CC1C=CCC1)NCC1CCCCC1O. The van der Waals surface area contributed by atoms with Crippen molar-refractivity contribution in [3.05, 3.63) is 12.2 Å². The Balaban J connectivity index is 1.66. The van der Waals surface area contributed by atoms with Crippen molar-refractivity contribution in [2.24, 2.45) is 11.8 Å². The van der Waals surface area contributed by atoms with Crippen molar-refractivity contribution < 1.29 is 9.90 Å². The van der Waals surface area contributed by atoms with E-state index in [1.54, 1.807) is 0 Å². The summed E-state index contributed by atoms with van der Waals surface area (Å²) in [6.45, 7) is 0.649. The number of rotatable bonds is 4. The van der Waals surface area contributed by atoms with E-state index in [0.717, 1.165) is 32.1 Å². The molecule has 3 atom stereocenters. The third-order valence-corrected chi connectivity index (χ3v) is 3.99. The Kier molecular flexibility index (Phi) is 4.60. The zero-order chi connectivity index (χ0) is 12.1. The van der Waals surface area contributed by atoms with Crippen molar-refractivity contribution >= 4 is 5.91 Å². The van der Waals surface area contributed by atoms with Gasteiger partial charge in [-0.25, -0.2) is 0 Å². The van der Waals surface area contributed by atoms with Gasteiger partial charge in [0.25, 0.3) is 0 Å². The lowest BCUT2D eigenvalue weighted by atomic mass is 9.86. The number of aliphatic hydroxyl groups is 1. The van der Waals surface area contributed by atoms with Gasteiger partial charge >= 0.3 is 0 Å². The van der Waals surface area contributed by atoms with E-state index in [9.17, 15) is 9.90 Å². The number of nitrogens with one attached hydrogen (secondary N) is 1. The molecule has 2 aliphatic rings. The third-order valence-electron chi connectivity index (χ3n) is 3.99. The Labute approximate surface area is 103 Å². The van der Waals surface area contributed by atoms with Crippen LogP contribution in [0.4, 0.5) is 0 Å². The number of carbonyl (C=O) groups excluding carboxylic acids is 1. The van der Waals surface area contributed by atoms with Crippen LogP contribution in [0.5, 0.6) is 0 Å². The average molecular weight is 237 g/mol. The minimum Gasteiger partial charge on any atom is -0.393 e. The van der Waals surface area contributed by atoms with Crippen molar-refractivity contribution in [1.29, 1.82) is 0 Å². The lowest BCUT2D eigenvalue weighted by molar-refractivity contribution is -0.122. The number of hydrogen-bond acceptors (Lipinski definition) is 2. The highest BCUT2D eigenvalue weighted by molar-refractivity contribution is 5.76. The molecule has 0 aliphatic heterocycles.